The lowest BCUT2D eigenvalue weighted by Crippen LogP contribution is -2.45. The molecule has 1 aliphatic carbocycles. The maximum absolute atomic E-state index is 13.6. The Labute approximate surface area is 226 Å². The van der Waals surface area contributed by atoms with Crippen LogP contribution in [0.15, 0.2) is 90.2 Å². The Balaban J connectivity index is 1.30. The number of fused-ring (bicyclic) bond motifs is 1. The SMILES string of the molecule is CNC(=O)C1C(c2ccc(F)cc2)N=C2C=CC(c3cc(C(=O)NC4(c5ccccn5)CC4)ccc3C)=CN21. The molecular formula is C31H28FN5O2. The first-order chi connectivity index (χ1) is 18.9. The molecular weight excluding hydrogens is 493 g/mol. The van der Waals surface area contributed by atoms with E-state index in [9.17, 15) is 14.0 Å². The lowest BCUT2D eigenvalue weighted by molar-refractivity contribution is -0.124. The number of hydrogen-bond donors (Lipinski definition) is 2. The smallest absolute Gasteiger partial charge is 0.252 e. The maximum Gasteiger partial charge on any atom is 0.252 e. The Morgan fingerprint density at radius 2 is 1.85 bits per heavy atom. The van der Waals surface area contributed by atoms with Gasteiger partial charge in [0.05, 0.1) is 11.2 Å². The van der Waals surface area contributed by atoms with Gasteiger partial charge in [-0.05, 0) is 90.6 Å². The minimum absolute atomic E-state index is 0.150. The molecule has 1 fully saturated rings. The van der Waals surface area contributed by atoms with Gasteiger partial charge in [0.2, 0.25) is 5.91 Å². The molecule has 1 saturated carbocycles. The van der Waals surface area contributed by atoms with Gasteiger partial charge in [0.15, 0.2) is 0 Å². The third-order valence-corrected chi connectivity index (χ3v) is 7.62. The maximum atomic E-state index is 13.6. The van der Waals surface area contributed by atoms with Crippen LogP contribution < -0.4 is 10.6 Å². The van der Waals surface area contributed by atoms with Gasteiger partial charge < -0.3 is 15.5 Å². The monoisotopic (exact) mass is 521 g/mol. The average Bonchev–Trinajstić information content (AvgIpc) is 3.65. The van der Waals surface area contributed by atoms with E-state index in [-0.39, 0.29) is 17.6 Å². The Hall–Kier alpha value is -4.59. The molecule has 0 radical (unpaired) electrons. The molecule has 3 aliphatic rings. The summed E-state index contributed by atoms with van der Waals surface area (Å²) in [4.78, 5) is 37.4. The van der Waals surface area contributed by atoms with Crippen molar-refractivity contribution < 1.29 is 14.0 Å². The molecule has 39 heavy (non-hydrogen) atoms. The molecule has 1 aromatic heterocycles. The van der Waals surface area contributed by atoms with Gasteiger partial charge >= 0.3 is 0 Å². The number of benzene rings is 2. The Bertz CT molecular complexity index is 1540. The summed E-state index contributed by atoms with van der Waals surface area (Å²) in [6.45, 7) is 1.99. The number of rotatable bonds is 6. The van der Waals surface area contributed by atoms with Crippen LogP contribution in [0.1, 0.15) is 51.6 Å². The molecule has 2 aromatic carbocycles. The van der Waals surface area contributed by atoms with Crippen molar-refractivity contribution in [3.8, 4) is 0 Å². The number of carbonyl (C=O) groups excluding carboxylic acids is 2. The molecule has 0 saturated heterocycles. The second-order valence-corrected chi connectivity index (χ2v) is 10.1. The number of aryl methyl sites for hydroxylation is 1. The molecule has 7 nitrogen and oxygen atoms in total. The highest BCUT2D eigenvalue weighted by molar-refractivity contribution is 6.05. The molecule has 0 spiro atoms. The summed E-state index contributed by atoms with van der Waals surface area (Å²) in [7, 11) is 1.59. The first-order valence-electron chi connectivity index (χ1n) is 13.0. The van der Waals surface area contributed by atoms with Crippen LogP contribution in [-0.4, -0.2) is 40.6 Å². The van der Waals surface area contributed by atoms with E-state index in [1.54, 1.807) is 25.4 Å². The molecule has 2 aliphatic heterocycles. The van der Waals surface area contributed by atoms with E-state index in [0.29, 0.717) is 11.4 Å². The summed E-state index contributed by atoms with van der Waals surface area (Å²) in [5, 5.41) is 5.94. The molecule has 196 valence electrons. The van der Waals surface area contributed by atoms with E-state index in [4.69, 9.17) is 4.99 Å². The highest BCUT2D eigenvalue weighted by atomic mass is 19.1. The van der Waals surface area contributed by atoms with Crippen LogP contribution in [-0.2, 0) is 10.3 Å². The van der Waals surface area contributed by atoms with Crippen molar-refractivity contribution >= 4 is 23.2 Å². The van der Waals surface area contributed by atoms with Crippen molar-refractivity contribution in [2.75, 3.05) is 7.05 Å². The minimum atomic E-state index is -0.629. The Morgan fingerprint density at radius 3 is 2.54 bits per heavy atom. The van der Waals surface area contributed by atoms with Gasteiger partial charge in [0, 0.05) is 25.0 Å². The summed E-state index contributed by atoms with van der Waals surface area (Å²) in [6, 6.07) is 16.4. The van der Waals surface area contributed by atoms with Gasteiger partial charge in [-0.15, -0.1) is 0 Å². The number of carbonyl (C=O) groups is 2. The second-order valence-electron chi connectivity index (χ2n) is 10.1. The number of amidine groups is 1. The zero-order valence-corrected chi connectivity index (χ0v) is 21.7. The van der Waals surface area contributed by atoms with Gasteiger partial charge in [-0.3, -0.25) is 19.6 Å². The zero-order valence-electron chi connectivity index (χ0n) is 21.7. The molecule has 8 heteroatoms. The fourth-order valence-corrected chi connectivity index (χ4v) is 5.28. The molecule has 0 bridgehead atoms. The average molecular weight is 522 g/mol. The van der Waals surface area contributed by atoms with Crippen LogP contribution in [0.3, 0.4) is 0 Å². The standard InChI is InChI=1S/C31H28FN5O2/c1-19-6-7-21(29(38)36-31(14-15-31)25-5-3-4-16-34-25)17-24(19)22-10-13-26-35-27(20-8-11-23(32)12-9-20)28(30(39)33-2)37(26)18-22/h3-13,16-18,27-28H,14-15H2,1-2H3,(H,33,39)(H,36,38). The van der Waals surface area contributed by atoms with E-state index in [2.05, 4.69) is 15.6 Å². The highest BCUT2D eigenvalue weighted by Gasteiger charge is 2.47. The van der Waals surface area contributed by atoms with Crippen LogP contribution >= 0.6 is 0 Å². The second kappa shape index (κ2) is 9.62. The third kappa shape index (κ3) is 4.52. The molecule has 3 aromatic rings. The number of allylic oxidation sites excluding steroid dienone is 2. The van der Waals surface area contributed by atoms with E-state index in [0.717, 1.165) is 40.8 Å². The quantitative estimate of drug-likeness (QED) is 0.503. The fourth-order valence-electron chi connectivity index (χ4n) is 5.28. The van der Waals surface area contributed by atoms with Crippen molar-refractivity contribution in [3.05, 3.63) is 119 Å². The summed E-state index contributed by atoms with van der Waals surface area (Å²) in [5.41, 5.74) is 4.53. The number of aliphatic imine (C=N–C) groups is 1. The molecule has 2 unspecified atom stereocenters. The predicted octanol–water partition coefficient (Wildman–Crippen LogP) is 4.43. The predicted molar refractivity (Wildman–Crippen MR) is 147 cm³/mol. The van der Waals surface area contributed by atoms with Crippen molar-refractivity contribution in [3.63, 3.8) is 0 Å². The number of amides is 2. The zero-order chi connectivity index (χ0) is 27.1. The molecule has 2 atom stereocenters. The number of nitrogens with zero attached hydrogens (tertiary/aromatic N) is 3. The lowest BCUT2D eigenvalue weighted by atomic mass is 9.95. The van der Waals surface area contributed by atoms with E-state index < -0.39 is 17.6 Å². The summed E-state index contributed by atoms with van der Waals surface area (Å²) < 4.78 is 13.6. The van der Waals surface area contributed by atoms with Crippen LogP contribution in [0.4, 0.5) is 4.39 Å². The number of halogens is 1. The van der Waals surface area contributed by atoms with Crippen molar-refractivity contribution in [1.82, 2.24) is 20.5 Å². The van der Waals surface area contributed by atoms with Crippen molar-refractivity contribution in [2.45, 2.75) is 37.4 Å². The third-order valence-electron chi connectivity index (χ3n) is 7.62. The van der Waals surface area contributed by atoms with Gasteiger partial charge in [-0.1, -0.05) is 24.3 Å². The van der Waals surface area contributed by atoms with Crippen LogP contribution in [0.5, 0.6) is 0 Å². The minimum Gasteiger partial charge on any atom is -0.357 e. The first-order valence-corrected chi connectivity index (χ1v) is 13.0. The van der Waals surface area contributed by atoms with Crippen LogP contribution in [0.25, 0.3) is 5.57 Å². The van der Waals surface area contributed by atoms with Crippen molar-refractivity contribution in [2.24, 2.45) is 4.99 Å². The number of nitrogens with one attached hydrogen (secondary N) is 2. The van der Waals surface area contributed by atoms with Crippen LogP contribution in [0, 0.1) is 12.7 Å². The lowest BCUT2D eigenvalue weighted by Gasteiger charge is -2.28. The van der Waals surface area contributed by atoms with E-state index in [1.807, 2.05) is 66.6 Å². The number of aromatic nitrogens is 1. The topological polar surface area (TPSA) is 86.7 Å². The highest BCUT2D eigenvalue weighted by Crippen LogP contribution is 2.44. The summed E-state index contributed by atoms with van der Waals surface area (Å²) in [6.07, 6.45) is 9.19. The van der Waals surface area contributed by atoms with Crippen molar-refractivity contribution in [1.29, 1.82) is 0 Å². The number of likely N-dealkylation sites (N-methyl/N-ethyl adjacent to an activating group) is 1. The molecule has 6 rings (SSSR count). The summed E-state index contributed by atoms with van der Waals surface area (Å²) >= 11 is 0. The number of hydrogen-bond acceptors (Lipinski definition) is 5. The Kier molecular flexibility index (Phi) is 6.10. The number of pyridine rings is 1. The van der Waals surface area contributed by atoms with Gasteiger partial charge in [-0.2, -0.15) is 0 Å². The van der Waals surface area contributed by atoms with Gasteiger partial charge in [0.25, 0.3) is 5.91 Å². The Morgan fingerprint density at radius 1 is 1.05 bits per heavy atom. The molecule has 2 amide bonds. The molecule has 2 N–H and O–H groups in total. The van der Waals surface area contributed by atoms with E-state index in [1.165, 1.54) is 12.1 Å². The first kappa shape index (κ1) is 24.7. The van der Waals surface area contributed by atoms with Crippen LogP contribution in [0.2, 0.25) is 0 Å². The molecule has 3 heterocycles. The van der Waals surface area contributed by atoms with Gasteiger partial charge in [-0.25, -0.2) is 4.39 Å². The van der Waals surface area contributed by atoms with Gasteiger partial charge in [0.1, 0.15) is 23.7 Å². The largest absolute Gasteiger partial charge is 0.357 e. The fraction of sp³-hybridized carbons (Fsp3) is 0.226. The normalized spacial score (nSPS) is 20.5. The van der Waals surface area contributed by atoms with E-state index >= 15 is 0 Å². The summed E-state index contributed by atoms with van der Waals surface area (Å²) in [5.74, 6) is -0.0297.